The predicted octanol–water partition coefficient (Wildman–Crippen LogP) is 6.20. The molecule has 0 atom stereocenters. The van der Waals surface area contributed by atoms with Crippen molar-refractivity contribution in [3.8, 4) is 0 Å². The minimum Gasteiger partial charge on any atom is -0.0840 e. The third-order valence-corrected chi connectivity index (χ3v) is 4.52. The molecule has 0 aliphatic carbocycles. The van der Waals surface area contributed by atoms with E-state index in [9.17, 15) is 0 Å². The van der Waals surface area contributed by atoms with Crippen LogP contribution in [0, 0.1) is 6.92 Å². The second-order valence-electron chi connectivity index (χ2n) is 4.05. The summed E-state index contributed by atoms with van der Waals surface area (Å²) in [5.41, 5.74) is 2.79. The molecular weight excluding hydrogens is 310 g/mol. The van der Waals surface area contributed by atoms with Crippen LogP contribution in [-0.4, -0.2) is 0 Å². The van der Waals surface area contributed by atoms with Gasteiger partial charge in [0.25, 0.3) is 0 Å². The van der Waals surface area contributed by atoms with Crippen LogP contribution in [0.2, 0.25) is 20.1 Å². The highest BCUT2D eigenvalue weighted by Gasteiger charge is 2.12. The van der Waals surface area contributed by atoms with Gasteiger partial charge in [0.15, 0.2) is 0 Å². The molecule has 0 aromatic heterocycles. The van der Waals surface area contributed by atoms with Crippen molar-refractivity contribution < 1.29 is 0 Å². The molecule has 0 aliphatic rings. The van der Waals surface area contributed by atoms with Gasteiger partial charge in [0.2, 0.25) is 0 Å². The van der Waals surface area contributed by atoms with Crippen LogP contribution in [0.3, 0.4) is 0 Å². The fraction of sp³-hybridized carbons (Fsp3) is 0.143. The molecule has 0 unspecified atom stereocenters. The van der Waals surface area contributed by atoms with Crippen LogP contribution < -0.4 is 0 Å². The van der Waals surface area contributed by atoms with E-state index in [1.807, 2.05) is 31.2 Å². The van der Waals surface area contributed by atoms with E-state index in [1.165, 1.54) is 0 Å². The standard InChI is InChI=1S/C14H10Cl4/c1-8-5-6-11(15)10(13(8)17)7-9-3-2-4-12(16)14(9)18/h2-6H,7H2,1H3. The summed E-state index contributed by atoms with van der Waals surface area (Å²) in [6.45, 7) is 1.95. The lowest BCUT2D eigenvalue weighted by molar-refractivity contribution is 1.18. The molecule has 0 radical (unpaired) electrons. The van der Waals surface area contributed by atoms with E-state index >= 15 is 0 Å². The molecule has 0 spiro atoms. The predicted molar refractivity (Wildman–Crippen MR) is 80.5 cm³/mol. The van der Waals surface area contributed by atoms with E-state index in [0.717, 1.165) is 16.7 Å². The summed E-state index contributed by atoms with van der Waals surface area (Å²) >= 11 is 24.6. The maximum atomic E-state index is 6.28. The molecule has 0 N–H and O–H groups in total. The Hall–Kier alpha value is -0.400. The van der Waals surface area contributed by atoms with Crippen molar-refractivity contribution in [1.82, 2.24) is 0 Å². The second kappa shape index (κ2) is 5.71. The summed E-state index contributed by atoms with van der Waals surface area (Å²) in [4.78, 5) is 0. The van der Waals surface area contributed by atoms with E-state index in [4.69, 9.17) is 46.4 Å². The Bertz CT molecular complexity index is 591. The molecular formula is C14H10Cl4. The summed E-state index contributed by atoms with van der Waals surface area (Å²) in [7, 11) is 0. The smallest absolute Gasteiger partial charge is 0.0627 e. The molecule has 0 fully saturated rings. The molecule has 0 saturated heterocycles. The highest BCUT2D eigenvalue weighted by molar-refractivity contribution is 6.42. The lowest BCUT2D eigenvalue weighted by atomic mass is 10.0. The van der Waals surface area contributed by atoms with Crippen molar-refractivity contribution in [3.05, 3.63) is 67.1 Å². The largest absolute Gasteiger partial charge is 0.0840 e. The first-order valence-corrected chi connectivity index (χ1v) is 6.88. The Labute approximate surface area is 126 Å². The van der Waals surface area contributed by atoms with Gasteiger partial charge in [-0.3, -0.25) is 0 Å². The zero-order valence-corrected chi connectivity index (χ0v) is 12.6. The summed E-state index contributed by atoms with van der Waals surface area (Å²) < 4.78 is 0. The van der Waals surface area contributed by atoms with Gasteiger partial charge in [0.05, 0.1) is 10.0 Å². The first kappa shape index (κ1) is 14.0. The molecule has 94 valence electrons. The Morgan fingerprint density at radius 3 is 2.28 bits per heavy atom. The lowest BCUT2D eigenvalue weighted by Crippen LogP contribution is -1.94. The van der Waals surface area contributed by atoms with Crippen molar-refractivity contribution in [2.24, 2.45) is 0 Å². The molecule has 4 heteroatoms. The van der Waals surface area contributed by atoms with Gasteiger partial charge in [0, 0.05) is 16.5 Å². The Morgan fingerprint density at radius 1 is 0.833 bits per heavy atom. The van der Waals surface area contributed by atoms with Crippen molar-refractivity contribution in [3.63, 3.8) is 0 Å². The van der Waals surface area contributed by atoms with Crippen LogP contribution in [0.15, 0.2) is 30.3 Å². The molecule has 0 nitrogen and oxygen atoms in total. The highest BCUT2D eigenvalue weighted by atomic mass is 35.5. The Morgan fingerprint density at radius 2 is 1.56 bits per heavy atom. The third-order valence-electron chi connectivity index (χ3n) is 2.78. The Balaban J connectivity index is 2.46. The minimum absolute atomic E-state index is 0.536. The number of halogens is 4. The van der Waals surface area contributed by atoms with Crippen LogP contribution >= 0.6 is 46.4 Å². The van der Waals surface area contributed by atoms with Crippen molar-refractivity contribution in [1.29, 1.82) is 0 Å². The third kappa shape index (κ3) is 2.78. The van der Waals surface area contributed by atoms with Crippen LogP contribution in [0.4, 0.5) is 0 Å². The summed E-state index contributed by atoms with van der Waals surface area (Å²) in [5, 5.41) is 2.40. The van der Waals surface area contributed by atoms with Crippen molar-refractivity contribution in [2.75, 3.05) is 0 Å². The van der Waals surface area contributed by atoms with Gasteiger partial charge < -0.3 is 0 Å². The van der Waals surface area contributed by atoms with E-state index < -0.39 is 0 Å². The second-order valence-corrected chi connectivity index (χ2v) is 5.62. The monoisotopic (exact) mass is 318 g/mol. The molecule has 0 saturated carbocycles. The molecule has 0 bridgehead atoms. The van der Waals surface area contributed by atoms with E-state index in [0.29, 0.717) is 26.5 Å². The first-order chi connectivity index (χ1) is 8.50. The summed E-state index contributed by atoms with van der Waals surface area (Å²) in [6, 6.07) is 9.28. The maximum absolute atomic E-state index is 6.28. The molecule has 2 aromatic rings. The number of hydrogen-bond donors (Lipinski definition) is 0. The molecule has 0 aliphatic heterocycles. The van der Waals surface area contributed by atoms with E-state index in [-0.39, 0.29) is 0 Å². The van der Waals surface area contributed by atoms with Crippen molar-refractivity contribution in [2.45, 2.75) is 13.3 Å². The molecule has 2 aromatic carbocycles. The summed E-state index contributed by atoms with van der Waals surface area (Å²) in [6.07, 6.45) is 0.568. The quantitative estimate of drug-likeness (QED) is 0.618. The number of benzene rings is 2. The zero-order valence-electron chi connectivity index (χ0n) is 9.61. The number of rotatable bonds is 2. The lowest BCUT2D eigenvalue weighted by Gasteiger charge is -2.11. The fourth-order valence-electron chi connectivity index (χ4n) is 1.75. The fourth-order valence-corrected chi connectivity index (χ4v) is 2.64. The van der Waals surface area contributed by atoms with Gasteiger partial charge in [-0.25, -0.2) is 0 Å². The van der Waals surface area contributed by atoms with Gasteiger partial charge >= 0.3 is 0 Å². The van der Waals surface area contributed by atoms with Gasteiger partial charge in [-0.05, 0) is 35.7 Å². The average molecular weight is 320 g/mol. The molecule has 0 heterocycles. The topological polar surface area (TPSA) is 0 Å². The molecule has 18 heavy (non-hydrogen) atoms. The van der Waals surface area contributed by atoms with Gasteiger partial charge in [0.1, 0.15) is 0 Å². The molecule has 2 rings (SSSR count). The SMILES string of the molecule is Cc1ccc(Cl)c(Cc2cccc(Cl)c2Cl)c1Cl. The minimum atomic E-state index is 0.536. The average Bonchev–Trinajstić information content (AvgIpc) is 2.35. The Kier molecular flexibility index (Phi) is 4.45. The van der Waals surface area contributed by atoms with Crippen LogP contribution in [-0.2, 0) is 6.42 Å². The first-order valence-electron chi connectivity index (χ1n) is 5.37. The van der Waals surface area contributed by atoms with Crippen LogP contribution in [0.5, 0.6) is 0 Å². The zero-order chi connectivity index (χ0) is 13.3. The highest BCUT2D eigenvalue weighted by Crippen LogP contribution is 2.33. The summed E-state index contributed by atoms with van der Waals surface area (Å²) in [5.74, 6) is 0. The van der Waals surface area contributed by atoms with Gasteiger partial charge in [-0.2, -0.15) is 0 Å². The molecule has 0 amide bonds. The van der Waals surface area contributed by atoms with E-state index in [1.54, 1.807) is 6.07 Å². The number of aryl methyl sites for hydroxylation is 1. The number of hydrogen-bond acceptors (Lipinski definition) is 0. The van der Waals surface area contributed by atoms with Gasteiger partial charge in [-0.1, -0.05) is 64.6 Å². The van der Waals surface area contributed by atoms with Gasteiger partial charge in [-0.15, -0.1) is 0 Å². The van der Waals surface area contributed by atoms with E-state index in [2.05, 4.69) is 0 Å². The maximum Gasteiger partial charge on any atom is 0.0627 e. The van der Waals surface area contributed by atoms with Crippen molar-refractivity contribution >= 4 is 46.4 Å². The van der Waals surface area contributed by atoms with Crippen LogP contribution in [0.1, 0.15) is 16.7 Å². The normalized spacial score (nSPS) is 10.7. The van der Waals surface area contributed by atoms with Crippen LogP contribution in [0.25, 0.3) is 0 Å².